The predicted molar refractivity (Wildman–Crippen MR) is 92.1 cm³/mol. The Balaban J connectivity index is 2.17. The minimum absolute atomic E-state index is 0.0350. The summed E-state index contributed by atoms with van der Waals surface area (Å²) >= 11 is 0. The Morgan fingerprint density at radius 2 is 1.70 bits per heavy atom. The molecule has 6 N–H and O–H groups in total. The second-order valence-corrected chi connectivity index (χ2v) is 7.16. The molecule has 0 aliphatic heterocycles. The molecule has 0 unspecified atom stereocenters. The Bertz CT molecular complexity index is 1140. The van der Waals surface area contributed by atoms with Gasteiger partial charge >= 0.3 is 7.60 Å². The van der Waals surface area contributed by atoms with E-state index in [9.17, 15) is 29.8 Å². The van der Waals surface area contributed by atoms with Crippen LogP contribution in [0.1, 0.15) is 0 Å². The molecule has 0 aliphatic rings. The van der Waals surface area contributed by atoms with Crippen LogP contribution < -0.4 is 10.2 Å². The van der Waals surface area contributed by atoms with Crippen molar-refractivity contribution in [3.8, 4) is 40.1 Å². The molecular weight excluding hydrogens is 383 g/mol. The average molecular weight is 396 g/mol. The summed E-state index contributed by atoms with van der Waals surface area (Å²) in [7, 11) is -4.51. The Morgan fingerprint density at radius 3 is 2.37 bits per heavy atom. The molecule has 27 heavy (non-hydrogen) atoms. The van der Waals surface area contributed by atoms with E-state index in [1.165, 1.54) is 6.07 Å². The van der Waals surface area contributed by atoms with E-state index in [4.69, 9.17) is 18.9 Å². The molecule has 3 aromatic rings. The first-order chi connectivity index (χ1) is 12.6. The third kappa shape index (κ3) is 3.68. The third-order valence-electron chi connectivity index (χ3n) is 3.55. The molecule has 11 heteroatoms. The summed E-state index contributed by atoms with van der Waals surface area (Å²) < 4.78 is 21.2. The number of phenols is 3. The zero-order valence-corrected chi connectivity index (χ0v) is 14.3. The lowest BCUT2D eigenvalue weighted by atomic mass is 10.1. The number of rotatable bonds is 4. The van der Waals surface area contributed by atoms with Gasteiger partial charge in [-0.2, -0.15) is 0 Å². The van der Waals surface area contributed by atoms with Gasteiger partial charge in [0.1, 0.15) is 22.5 Å². The zero-order valence-electron chi connectivity index (χ0n) is 13.4. The van der Waals surface area contributed by atoms with Crippen molar-refractivity contribution < 1.29 is 43.9 Å². The summed E-state index contributed by atoms with van der Waals surface area (Å²) in [5, 5.41) is 38.9. The standard InChI is InChI=1S/C16H13O10P/c17-8-4-10(19)13-12(5-8)26-16(15(21)14(13)20)7-1-2-9(18)11(3-7)25-6-27(22,23)24/h1-5,17-19,21H,6H2,(H2,22,23,24). The molecule has 142 valence electrons. The number of benzene rings is 2. The van der Waals surface area contributed by atoms with Crippen molar-refractivity contribution in [3.05, 3.63) is 40.6 Å². The third-order valence-corrected chi connectivity index (χ3v) is 4.01. The van der Waals surface area contributed by atoms with Gasteiger partial charge in [0.05, 0.1) is 0 Å². The molecule has 0 bridgehead atoms. The molecule has 0 saturated carbocycles. The van der Waals surface area contributed by atoms with Gasteiger partial charge in [0.25, 0.3) is 0 Å². The largest absolute Gasteiger partial charge is 0.508 e. The highest BCUT2D eigenvalue weighted by atomic mass is 31.2. The van der Waals surface area contributed by atoms with Crippen LogP contribution in [0.15, 0.2) is 39.5 Å². The van der Waals surface area contributed by atoms with Crippen LogP contribution in [-0.4, -0.2) is 36.6 Å². The van der Waals surface area contributed by atoms with Crippen molar-refractivity contribution in [3.63, 3.8) is 0 Å². The Hall–Kier alpha value is -3.20. The van der Waals surface area contributed by atoms with E-state index >= 15 is 0 Å². The van der Waals surface area contributed by atoms with Crippen molar-refractivity contribution >= 4 is 18.6 Å². The molecule has 0 amide bonds. The van der Waals surface area contributed by atoms with Crippen molar-refractivity contribution in [1.29, 1.82) is 0 Å². The zero-order chi connectivity index (χ0) is 19.9. The molecule has 0 aliphatic carbocycles. The van der Waals surface area contributed by atoms with Crippen LogP contribution in [0.5, 0.6) is 28.7 Å². The first-order valence-corrected chi connectivity index (χ1v) is 9.09. The number of ether oxygens (including phenoxy) is 1. The minimum atomic E-state index is -4.51. The second kappa shape index (κ2) is 6.51. The fourth-order valence-electron chi connectivity index (χ4n) is 2.40. The number of hydrogen-bond donors (Lipinski definition) is 6. The highest BCUT2D eigenvalue weighted by Crippen LogP contribution is 2.40. The second-order valence-electron chi connectivity index (χ2n) is 5.57. The Kier molecular flexibility index (Phi) is 4.48. The van der Waals surface area contributed by atoms with Crippen LogP contribution >= 0.6 is 7.60 Å². The Morgan fingerprint density at radius 1 is 1.00 bits per heavy atom. The molecule has 1 heterocycles. The molecule has 0 radical (unpaired) electrons. The summed E-state index contributed by atoms with van der Waals surface area (Å²) in [5.41, 5.74) is -1.14. The van der Waals surface area contributed by atoms with E-state index < -0.39 is 36.6 Å². The maximum absolute atomic E-state index is 12.3. The fraction of sp³-hybridized carbons (Fsp3) is 0.0625. The van der Waals surface area contributed by atoms with Gasteiger partial charge in [0, 0.05) is 17.7 Å². The Labute approximate surface area is 150 Å². The quantitative estimate of drug-likeness (QED) is 0.356. The number of hydrogen-bond acceptors (Lipinski definition) is 8. The van der Waals surface area contributed by atoms with Gasteiger partial charge in [-0.05, 0) is 18.2 Å². The lowest BCUT2D eigenvalue weighted by Crippen LogP contribution is -2.03. The van der Waals surface area contributed by atoms with Crippen LogP contribution in [0.2, 0.25) is 0 Å². The molecule has 0 spiro atoms. The van der Waals surface area contributed by atoms with Crippen molar-refractivity contribution in [1.82, 2.24) is 0 Å². The molecular formula is C16H13O10P. The van der Waals surface area contributed by atoms with Crippen molar-refractivity contribution in [2.45, 2.75) is 0 Å². The summed E-state index contributed by atoms with van der Waals surface area (Å²) in [6.07, 6.45) is -1.00. The van der Waals surface area contributed by atoms with E-state index in [2.05, 4.69) is 0 Å². The van der Waals surface area contributed by atoms with E-state index in [-0.39, 0.29) is 33.8 Å². The highest BCUT2D eigenvalue weighted by Gasteiger charge is 2.21. The van der Waals surface area contributed by atoms with Crippen LogP contribution in [0.25, 0.3) is 22.3 Å². The summed E-state index contributed by atoms with van der Waals surface area (Å²) in [5.74, 6) is -2.94. The van der Waals surface area contributed by atoms with Gasteiger partial charge in [0.15, 0.2) is 23.6 Å². The number of phenolic OH excluding ortho intramolecular Hbond substituents is 3. The normalized spacial score (nSPS) is 11.6. The smallest absolute Gasteiger partial charge is 0.362 e. The lowest BCUT2D eigenvalue weighted by Gasteiger charge is -2.11. The SMILES string of the molecule is O=c1c(O)c(-c2ccc(O)c(OCP(=O)(O)O)c2)oc2cc(O)cc(O)c12. The summed E-state index contributed by atoms with van der Waals surface area (Å²) in [4.78, 5) is 30.1. The number of aromatic hydroxyl groups is 4. The van der Waals surface area contributed by atoms with Crippen LogP contribution in [0.3, 0.4) is 0 Å². The molecule has 1 aromatic heterocycles. The van der Waals surface area contributed by atoms with Crippen molar-refractivity contribution in [2.75, 3.05) is 6.35 Å². The van der Waals surface area contributed by atoms with Gasteiger partial charge in [-0.25, -0.2) is 0 Å². The van der Waals surface area contributed by atoms with Gasteiger partial charge in [0.2, 0.25) is 11.2 Å². The van der Waals surface area contributed by atoms with Gasteiger partial charge in [-0.1, -0.05) is 0 Å². The maximum Gasteiger partial charge on any atom is 0.362 e. The topological polar surface area (TPSA) is 178 Å². The van der Waals surface area contributed by atoms with E-state index in [0.29, 0.717) is 0 Å². The minimum Gasteiger partial charge on any atom is -0.508 e. The van der Waals surface area contributed by atoms with Gasteiger partial charge in [-0.3, -0.25) is 9.36 Å². The van der Waals surface area contributed by atoms with Crippen molar-refractivity contribution in [2.24, 2.45) is 0 Å². The van der Waals surface area contributed by atoms with Gasteiger partial charge < -0.3 is 39.4 Å². The molecule has 0 atom stereocenters. The average Bonchev–Trinajstić information content (AvgIpc) is 2.56. The molecule has 0 fully saturated rings. The predicted octanol–water partition coefficient (Wildman–Crippen LogP) is 1.80. The van der Waals surface area contributed by atoms with Crippen LogP contribution in [0.4, 0.5) is 0 Å². The monoisotopic (exact) mass is 396 g/mol. The lowest BCUT2D eigenvalue weighted by molar-refractivity contribution is 0.292. The van der Waals surface area contributed by atoms with Gasteiger partial charge in [-0.15, -0.1) is 0 Å². The first kappa shape index (κ1) is 18.6. The molecule has 10 nitrogen and oxygen atoms in total. The summed E-state index contributed by atoms with van der Waals surface area (Å²) in [6, 6.07) is 5.43. The molecule has 3 rings (SSSR count). The maximum atomic E-state index is 12.3. The van der Waals surface area contributed by atoms with E-state index in [1.807, 2.05) is 0 Å². The van der Waals surface area contributed by atoms with E-state index in [0.717, 1.165) is 24.3 Å². The summed E-state index contributed by atoms with van der Waals surface area (Å²) in [6.45, 7) is 0. The molecule has 2 aromatic carbocycles. The van der Waals surface area contributed by atoms with Crippen LogP contribution in [-0.2, 0) is 4.57 Å². The number of fused-ring (bicyclic) bond motifs is 1. The molecule has 0 saturated heterocycles. The fourth-order valence-corrected chi connectivity index (χ4v) is 2.70. The van der Waals surface area contributed by atoms with E-state index in [1.54, 1.807) is 0 Å². The first-order valence-electron chi connectivity index (χ1n) is 7.29. The highest BCUT2D eigenvalue weighted by molar-refractivity contribution is 7.51. The van der Waals surface area contributed by atoms with Crippen LogP contribution in [0, 0.1) is 0 Å².